The van der Waals surface area contributed by atoms with Crippen LogP contribution >= 0.6 is 0 Å². The topological polar surface area (TPSA) is 87.7 Å². The van der Waals surface area contributed by atoms with Crippen molar-refractivity contribution in [1.82, 2.24) is 15.5 Å². The second-order valence-electron chi connectivity index (χ2n) is 10.5. The number of likely N-dealkylation sites (tertiary alicyclic amines) is 1. The Hall–Kier alpha value is -1.89. The number of nitrogens with zero attached hydrogens (tertiary/aromatic N) is 1. The number of carbonyl (C=O) groups is 3. The maximum atomic E-state index is 13.3. The van der Waals surface area contributed by atoms with Crippen LogP contribution in [-0.2, 0) is 19.1 Å². The van der Waals surface area contributed by atoms with E-state index >= 15 is 0 Å². The Balaban J connectivity index is 3.03. The molecule has 7 nitrogen and oxygen atoms in total. The van der Waals surface area contributed by atoms with Gasteiger partial charge in [-0.1, -0.05) is 47.1 Å². The van der Waals surface area contributed by atoms with Crippen molar-refractivity contribution in [3.63, 3.8) is 0 Å². The van der Waals surface area contributed by atoms with E-state index < -0.39 is 11.5 Å². The van der Waals surface area contributed by atoms with E-state index in [0.717, 1.165) is 25.8 Å². The van der Waals surface area contributed by atoms with Crippen molar-refractivity contribution in [3.05, 3.63) is 11.6 Å². The van der Waals surface area contributed by atoms with E-state index in [1.54, 1.807) is 19.9 Å². The molecule has 32 heavy (non-hydrogen) atoms. The molecule has 1 aliphatic heterocycles. The minimum atomic E-state index is -0.691. The second kappa shape index (κ2) is 12.4. The summed E-state index contributed by atoms with van der Waals surface area (Å²) in [7, 11) is 0. The lowest BCUT2D eigenvalue weighted by Gasteiger charge is -2.39. The normalized spacial score (nSPS) is 20.1. The van der Waals surface area contributed by atoms with Crippen LogP contribution in [-0.4, -0.2) is 60.0 Å². The summed E-state index contributed by atoms with van der Waals surface area (Å²) in [5, 5.41) is 6.09. The zero-order valence-electron chi connectivity index (χ0n) is 21.6. The third kappa shape index (κ3) is 8.23. The van der Waals surface area contributed by atoms with Gasteiger partial charge in [0.15, 0.2) is 0 Å². The van der Waals surface area contributed by atoms with Gasteiger partial charge < -0.3 is 15.4 Å². The molecule has 0 aromatic carbocycles. The molecule has 2 N–H and O–H groups in total. The van der Waals surface area contributed by atoms with E-state index in [1.165, 1.54) is 0 Å². The molecule has 0 aliphatic carbocycles. The molecule has 1 saturated heterocycles. The highest BCUT2D eigenvalue weighted by molar-refractivity contribution is 5.91. The van der Waals surface area contributed by atoms with Crippen molar-refractivity contribution in [3.8, 4) is 0 Å². The molecule has 2 amide bonds. The molecule has 3 atom stereocenters. The molecule has 1 rings (SSSR count). The van der Waals surface area contributed by atoms with Gasteiger partial charge in [-0.15, -0.1) is 0 Å². The maximum absolute atomic E-state index is 13.3. The highest BCUT2D eigenvalue weighted by Gasteiger charge is 2.38. The molecule has 0 bridgehead atoms. The summed E-state index contributed by atoms with van der Waals surface area (Å²) in [5.74, 6) is -0.661. The smallest absolute Gasteiger partial charge is 0.333 e. The lowest BCUT2D eigenvalue weighted by Crippen LogP contribution is -2.60. The number of ether oxygens (including phenoxy) is 1. The van der Waals surface area contributed by atoms with Crippen LogP contribution in [0.1, 0.15) is 81.6 Å². The molecule has 7 heteroatoms. The van der Waals surface area contributed by atoms with Crippen molar-refractivity contribution >= 4 is 17.8 Å². The third-order valence-electron chi connectivity index (χ3n) is 5.98. The fourth-order valence-corrected chi connectivity index (χ4v) is 4.00. The second-order valence-corrected chi connectivity index (χ2v) is 10.5. The third-order valence-corrected chi connectivity index (χ3v) is 5.98. The summed E-state index contributed by atoms with van der Waals surface area (Å²) in [6.45, 7) is 18.7. The molecule has 0 spiro atoms. The zero-order chi connectivity index (χ0) is 24.6. The molecule has 1 aliphatic rings. The SMILES string of the molecule is CCOC(=O)/C(C)=C/[C@@H](NC(=O)C(NC(=O)C1CCCCN1C(C)C)C(C)(C)C)C(C)C. The van der Waals surface area contributed by atoms with Crippen molar-refractivity contribution < 1.29 is 19.1 Å². The van der Waals surface area contributed by atoms with Crippen LogP contribution in [0.15, 0.2) is 11.6 Å². The van der Waals surface area contributed by atoms with Gasteiger partial charge >= 0.3 is 5.97 Å². The summed E-state index contributed by atoms with van der Waals surface area (Å²) in [5.41, 5.74) is -0.0182. The molecule has 0 aromatic rings. The van der Waals surface area contributed by atoms with Gasteiger partial charge in [-0.2, -0.15) is 0 Å². The Morgan fingerprint density at radius 1 is 1.09 bits per heavy atom. The Labute approximate surface area is 194 Å². The average Bonchev–Trinajstić information content (AvgIpc) is 2.70. The molecule has 1 heterocycles. The standard InChI is InChI=1S/C25H45N3O4/c1-10-32-24(31)18(6)15-19(16(2)3)26-23(30)21(25(7,8)9)27-22(29)20-13-11-12-14-28(20)17(4)5/h15-17,19-21H,10-14H2,1-9H3,(H,26,30)(H,27,29)/b18-15+/t19-,20?,21?/m1/s1. The van der Waals surface area contributed by atoms with Crippen LogP contribution in [0.3, 0.4) is 0 Å². The van der Waals surface area contributed by atoms with Crippen LogP contribution in [0.4, 0.5) is 0 Å². The fraction of sp³-hybridized carbons (Fsp3) is 0.800. The molecule has 2 unspecified atom stereocenters. The van der Waals surface area contributed by atoms with Crippen molar-refractivity contribution in [2.24, 2.45) is 11.3 Å². The predicted octanol–water partition coefficient (Wildman–Crippen LogP) is 3.43. The van der Waals surface area contributed by atoms with Gasteiger partial charge in [0.2, 0.25) is 11.8 Å². The number of esters is 1. The first kappa shape index (κ1) is 28.1. The van der Waals surface area contributed by atoms with Crippen LogP contribution in [0, 0.1) is 11.3 Å². The number of amides is 2. The summed E-state index contributed by atoms with van der Waals surface area (Å²) < 4.78 is 5.06. The Kier molecular flexibility index (Phi) is 10.9. The first-order chi connectivity index (χ1) is 14.8. The van der Waals surface area contributed by atoms with Crippen LogP contribution < -0.4 is 10.6 Å². The Bertz CT molecular complexity index is 679. The van der Waals surface area contributed by atoms with Gasteiger partial charge in [0.05, 0.1) is 18.7 Å². The fourth-order valence-electron chi connectivity index (χ4n) is 4.00. The molecule has 0 radical (unpaired) electrons. The summed E-state index contributed by atoms with van der Waals surface area (Å²) in [6.07, 6.45) is 4.65. The molecule has 0 saturated carbocycles. The lowest BCUT2D eigenvalue weighted by molar-refractivity contribution is -0.138. The average molecular weight is 452 g/mol. The number of nitrogens with one attached hydrogen (secondary N) is 2. The number of rotatable bonds is 9. The van der Waals surface area contributed by atoms with E-state index in [1.807, 2.05) is 34.6 Å². The molecule has 184 valence electrons. The molecule has 1 fully saturated rings. The van der Waals surface area contributed by atoms with E-state index in [4.69, 9.17) is 4.74 Å². The Morgan fingerprint density at radius 2 is 1.72 bits per heavy atom. The van der Waals surface area contributed by atoms with Gasteiger partial charge in [0, 0.05) is 11.6 Å². The van der Waals surface area contributed by atoms with E-state index in [-0.39, 0.29) is 41.8 Å². The van der Waals surface area contributed by atoms with Gasteiger partial charge in [-0.3, -0.25) is 14.5 Å². The zero-order valence-corrected chi connectivity index (χ0v) is 21.6. The highest BCUT2D eigenvalue weighted by atomic mass is 16.5. The van der Waals surface area contributed by atoms with Crippen molar-refractivity contribution in [2.45, 2.75) is 106 Å². The number of hydrogen-bond acceptors (Lipinski definition) is 5. The molecular weight excluding hydrogens is 406 g/mol. The minimum Gasteiger partial charge on any atom is -0.463 e. The number of hydrogen-bond donors (Lipinski definition) is 2. The number of carbonyl (C=O) groups excluding carboxylic acids is 3. The predicted molar refractivity (Wildman–Crippen MR) is 128 cm³/mol. The Morgan fingerprint density at radius 3 is 2.22 bits per heavy atom. The minimum absolute atomic E-state index is 0.0643. The number of piperidine rings is 1. The molecule has 0 aromatic heterocycles. The van der Waals surface area contributed by atoms with Gasteiger partial charge in [-0.25, -0.2) is 4.79 Å². The first-order valence-corrected chi connectivity index (χ1v) is 12.0. The monoisotopic (exact) mass is 451 g/mol. The van der Waals surface area contributed by atoms with E-state index in [9.17, 15) is 14.4 Å². The summed E-state index contributed by atoms with van der Waals surface area (Å²) in [6, 6.07) is -0.985. The van der Waals surface area contributed by atoms with Crippen LogP contribution in [0.5, 0.6) is 0 Å². The summed E-state index contributed by atoms with van der Waals surface area (Å²) in [4.78, 5) is 40.8. The van der Waals surface area contributed by atoms with E-state index in [2.05, 4.69) is 29.4 Å². The first-order valence-electron chi connectivity index (χ1n) is 12.0. The van der Waals surface area contributed by atoms with Gasteiger partial charge in [0.1, 0.15) is 6.04 Å². The van der Waals surface area contributed by atoms with Crippen molar-refractivity contribution in [1.29, 1.82) is 0 Å². The van der Waals surface area contributed by atoms with Crippen molar-refractivity contribution in [2.75, 3.05) is 13.2 Å². The van der Waals surface area contributed by atoms with Gasteiger partial charge in [0.25, 0.3) is 0 Å². The largest absolute Gasteiger partial charge is 0.463 e. The van der Waals surface area contributed by atoms with Gasteiger partial charge in [-0.05, 0) is 58.4 Å². The molecular formula is C25H45N3O4. The highest BCUT2D eigenvalue weighted by Crippen LogP contribution is 2.23. The summed E-state index contributed by atoms with van der Waals surface area (Å²) >= 11 is 0. The van der Waals surface area contributed by atoms with Crippen LogP contribution in [0.2, 0.25) is 0 Å². The quantitative estimate of drug-likeness (QED) is 0.414. The van der Waals surface area contributed by atoms with E-state index in [0.29, 0.717) is 12.2 Å². The lowest BCUT2D eigenvalue weighted by atomic mass is 9.85. The maximum Gasteiger partial charge on any atom is 0.333 e. The van der Waals surface area contributed by atoms with Crippen LogP contribution in [0.25, 0.3) is 0 Å².